The topological polar surface area (TPSA) is 117 Å². The minimum atomic E-state index is -0.703. The summed E-state index contributed by atoms with van der Waals surface area (Å²) in [6.45, 7) is 5.22. The molecule has 0 aliphatic rings. The van der Waals surface area contributed by atoms with Gasteiger partial charge in [0, 0.05) is 10.9 Å². The molecule has 11 heteroatoms. The van der Waals surface area contributed by atoms with Gasteiger partial charge in [-0.2, -0.15) is 0 Å². The number of esters is 2. The Kier molecular flexibility index (Phi) is 7.04. The molecule has 1 N–H and O–H groups in total. The van der Waals surface area contributed by atoms with E-state index in [1.165, 1.54) is 36.5 Å². The standard InChI is InChI=1S/C25H23N3O6S2/c1-12-6-7-15(13(2)8-12)16-10-35-21-19(16)23(30)28(11-26-21)9-17(29)27-22-18(24(31)33-4)14(3)20(36-22)25(32)34-5/h6-8,10-11H,9H2,1-5H3,(H,27,29). The zero-order valence-corrected chi connectivity index (χ0v) is 21.9. The van der Waals surface area contributed by atoms with Crippen LogP contribution in [0.3, 0.4) is 0 Å². The number of methoxy groups -OCH3 is 2. The molecule has 0 radical (unpaired) electrons. The summed E-state index contributed by atoms with van der Waals surface area (Å²) in [6.07, 6.45) is 1.33. The fourth-order valence-electron chi connectivity index (χ4n) is 3.95. The first-order chi connectivity index (χ1) is 17.2. The predicted molar refractivity (Wildman–Crippen MR) is 139 cm³/mol. The molecule has 9 nitrogen and oxygen atoms in total. The van der Waals surface area contributed by atoms with Crippen LogP contribution in [-0.4, -0.2) is 41.6 Å². The second-order valence-corrected chi connectivity index (χ2v) is 10.00. The SMILES string of the molecule is COC(=O)c1sc(NC(=O)Cn2cnc3scc(-c4ccc(C)cc4C)c3c2=O)c(C(=O)OC)c1C. The van der Waals surface area contributed by atoms with Gasteiger partial charge in [-0.1, -0.05) is 23.8 Å². The fourth-order valence-corrected chi connectivity index (χ4v) is 5.98. The van der Waals surface area contributed by atoms with E-state index in [9.17, 15) is 19.2 Å². The molecule has 0 aliphatic heterocycles. The number of benzene rings is 1. The van der Waals surface area contributed by atoms with E-state index in [1.54, 1.807) is 6.92 Å². The second-order valence-electron chi connectivity index (χ2n) is 8.12. The second kappa shape index (κ2) is 10.0. The first kappa shape index (κ1) is 25.3. The van der Waals surface area contributed by atoms with E-state index >= 15 is 0 Å². The Bertz CT molecular complexity index is 1580. The highest BCUT2D eigenvalue weighted by Crippen LogP contribution is 2.35. The number of nitrogens with zero attached hydrogens (tertiary/aromatic N) is 2. The molecule has 0 saturated carbocycles. The minimum absolute atomic E-state index is 0.0622. The van der Waals surface area contributed by atoms with Crippen molar-refractivity contribution in [3.05, 3.63) is 67.4 Å². The van der Waals surface area contributed by atoms with Gasteiger partial charge in [-0.25, -0.2) is 14.6 Å². The van der Waals surface area contributed by atoms with Gasteiger partial charge in [0.25, 0.3) is 5.56 Å². The van der Waals surface area contributed by atoms with Crippen LogP contribution in [0.2, 0.25) is 0 Å². The zero-order valence-electron chi connectivity index (χ0n) is 20.3. The van der Waals surface area contributed by atoms with Crippen molar-refractivity contribution in [3.63, 3.8) is 0 Å². The summed E-state index contributed by atoms with van der Waals surface area (Å²) >= 11 is 2.27. The van der Waals surface area contributed by atoms with E-state index < -0.39 is 17.8 Å². The number of ether oxygens (including phenoxy) is 2. The molecule has 186 valence electrons. The van der Waals surface area contributed by atoms with Crippen LogP contribution in [0.25, 0.3) is 21.3 Å². The number of amides is 1. The Morgan fingerprint density at radius 3 is 2.44 bits per heavy atom. The summed E-state index contributed by atoms with van der Waals surface area (Å²) in [5, 5.41) is 5.11. The van der Waals surface area contributed by atoms with Gasteiger partial charge in [-0.15, -0.1) is 22.7 Å². The van der Waals surface area contributed by atoms with E-state index in [2.05, 4.69) is 10.3 Å². The molecule has 0 bridgehead atoms. The average molecular weight is 526 g/mol. The highest BCUT2D eigenvalue weighted by Gasteiger charge is 2.27. The number of hydrogen-bond donors (Lipinski definition) is 1. The van der Waals surface area contributed by atoms with Crippen molar-refractivity contribution in [2.75, 3.05) is 19.5 Å². The number of nitrogens with one attached hydrogen (secondary N) is 1. The van der Waals surface area contributed by atoms with Crippen LogP contribution in [-0.2, 0) is 20.8 Å². The first-order valence-electron chi connectivity index (χ1n) is 10.8. The van der Waals surface area contributed by atoms with E-state index in [0.29, 0.717) is 15.8 Å². The van der Waals surface area contributed by atoms with Crippen LogP contribution >= 0.6 is 22.7 Å². The van der Waals surface area contributed by atoms with Crippen LogP contribution in [0.1, 0.15) is 36.7 Å². The zero-order chi connectivity index (χ0) is 26.1. The summed E-state index contributed by atoms with van der Waals surface area (Å²) in [6, 6.07) is 6.01. The molecule has 0 aliphatic carbocycles. The van der Waals surface area contributed by atoms with Crippen LogP contribution in [0.15, 0.2) is 34.7 Å². The summed E-state index contributed by atoms with van der Waals surface area (Å²) in [5.74, 6) is -1.90. The average Bonchev–Trinajstić information content (AvgIpc) is 3.41. The van der Waals surface area contributed by atoms with Crippen molar-refractivity contribution in [2.45, 2.75) is 27.3 Å². The molecule has 1 aromatic carbocycles. The number of hydrogen-bond acceptors (Lipinski definition) is 9. The number of aromatic nitrogens is 2. The van der Waals surface area contributed by atoms with Crippen molar-refractivity contribution in [1.29, 1.82) is 0 Å². The Hall–Kier alpha value is -3.83. The van der Waals surface area contributed by atoms with Crippen LogP contribution in [0, 0.1) is 20.8 Å². The number of thiophene rings is 2. The van der Waals surface area contributed by atoms with Crippen LogP contribution < -0.4 is 10.9 Å². The van der Waals surface area contributed by atoms with Gasteiger partial charge < -0.3 is 14.8 Å². The molecule has 3 heterocycles. The van der Waals surface area contributed by atoms with Gasteiger partial charge >= 0.3 is 11.9 Å². The van der Waals surface area contributed by atoms with Gasteiger partial charge in [0.1, 0.15) is 21.3 Å². The van der Waals surface area contributed by atoms with Crippen LogP contribution in [0.5, 0.6) is 0 Å². The van der Waals surface area contributed by atoms with E-state index in [1.807, 2.05) is 37.4 Å². The van der Waals surface area contributed by atoms with E-state index in [4.69, 9.17) is 9.47 Å². The van der Waals surface area contributed by atoms with Gasteiger partial charge in [0.2, 0.25) is 5.91 Å². The number of aryl methyl sites for hydroxylation is 2. The minimum Gasteiger partial charge on any atom is -0.465 e. The Balaban J connectivity index is 1.68. The molecule has 0 fully saturated rings. The molecule has 36 heavy (non-hydrogen) atoms. The number of carbonyl (C=O) groups excluding carboxylic acids is 3. The Labute approximate surface area is 214 Å². The number of rotatable bonds is 6. The molecule has 1 amide bonds. The largest absolute Gasteiger partial charge is 0.465 e. The quantitative estimate of drug-likeness (QED) is 0.373. The first-order valence-corrected chi connectivity index (χ1v) is 12.5. The van der Waals surface area contributed by atoms with Gasteiger partial charge in [-0.05, 0) is 37.5 Å². The van der Waals surface area contributed by atoms with Crippen molar-refractivity contribution in [2.24, 2.45) is 0 Å². The summed E-state index contributed by atoms with van der Waals surface area (Å²) in [5.41, 5.74) is 3.90. The molecule has 0 spiro atoms. The third-order valence-electron chi connectivity index (χ3n) is 5.71. The molecule has 0 atom stereocenters. The monoisotopic (exact) mass is 525 g/mol. The smallest absolute Gasteiger partial charge is 0.348 e. The molecule has 0 unspecified atom stereocenters. The maximum atomic E-state index is 13.4. The van der Waals surface area contributed by atoms with Crippen molar-refractivity contribution in [1.82, 2.24) is 9.55 Å². The predicted octanol–water partition coefficient (Wildman–Crippen LogP) is 4.32. The lowest BCUT2D eigenvalue weighted by Crippen LogP contribution is -2.28. The van der Waals surface area contributed by atoms with E-state index in [-0.39, 0.29) is 27.5 Å². The maximum absolute atomic E-state index is 13.4. The Morgan fingerprint density at radius 2 is 1.78 bits per heavy atom. The fraction of sp³-hybridized carbons (Fsp3) is 0.240. The number of carbonyl (C=O) groups is 3. The van der Waals surface area contributed by atoms with Crippen LogP contribution in [0.4, 0.5) is 5.00 Å². The Morgan fingerprint density at radius 1 is 1.06 bits per heavy atom. The lowest BCUT2D eigenvalue weighted by Gasteiger charge is -2.09. The molecule has 0 saturated heterocycles. The highest BCUT2D eigenvalue weighted by atomic mass is 32.1. The molecule has 3 aromatic heterocycles. The third-order valence-corrected chi connectivity index (χ3v) is 7.78. The van der Waals surface area contributed by atoms with Crippen molar-refractivity contribution < 1.29 is 23.9 Å². The summed E-state index contributed by atoms with van der Waals surface area (Å²) in [4.78, 5) is 55.8. The van der Waals surface area contributed by atoms with Gasteiger partial charge in [-0.3, -0.25) is 14.2 Å². The summed E-state index contributed by atoms with van der Waals surface area (Å²) in [7, 11) is 2.43. The molecular weight excluding hydrogens is 502 g/mol. The third kappa shape index (κ3) is 4.54. The maximum Gasteiger partial charge on any atom is 0.348 e. The molecular formula is C25H23N3O6S2. The number of fused-ring (bicyclic) bond motifs is 1. The normalized spacial score (nSPS) is 10.9. The summed E-state index contributed by atoms with van der Waals surface area (Å²) < 4.78 is 10.8. The van der Waals surface area contributed by atoms with Gasteiger partial charge in [0.15, 0.2) is 0 Å². The molecule has 4 rings (SSSR count). The van der Waals surface area contributed by atoms with Crippen molar-refractivity contribution in [3.8, 4) is 11.1 Å². The van der Waals surface area contributed by atoms with E-state index in [0.717, 1.165) is 33.6 Å². The van der Waals surface area contributed by atoms with Gasteiger partial charge in [0.05, 0.1) is 31.5 Å². The van der Waals surface area contributed by atoms with Crippen molar-refractivity contribution >= 4 is 55.7 Å². The number of anilines is 1. The molecule has 4 aromatic rings. The highest BCUT2D eigenvalue weighted by molar-refractivity contribution is 7.18. The lowest BCUT2D eigenvalue weighted by molar-refractivity contribution is -0.116. The lowest BCUT2D eigenvalue weighted by atomic mass is 9.99.